The summed E-state index contributed by atoms with van der Waals surface area (Å²) in [4.78, 5) is 0. The predicted molar refractivity (Wildman–Crippen MR) is 87.0 cm³/mol. The first-order valence-electron chi connectivity index (χ1n) is 7.70. The maximum atomic E-state index is 6.11. The fraction of sp³-hybridized carbons (Fsp3) is 0.368. The number of hydrogen-bond donors (Lipinski definition) is 1. The lowest BCUT2D eigenvalue weighted by Gasteiger charge is -2.13. The quantitative estimate of drug-likeness (QED) is 0.861. The molecule has 0 radical (unpaired) electrons. The molecule has 0 spiro atoms. The molecule has 2 aromatic rings. The van der Waals surface area contributed by atoms with E-state index in [1.165, 1.54) is 35.1 Å². The first-order chi connectivity index (χ1) is 10.1. The number of aryl methyl sites for hydroxylation is 2. The van der Waals surface area contributed by atoms with Crippen LogP contribution in [0.5, 0.6) is 11.5 Å². The van der Waals surface area contributed by atoms with Gasteiger partial charge in [-0.05, 0) is 74.1 Å². The first-order valence-corrected chi connectivity index (χ1v) is 7.70. The summed E-state index contributed by atoms with van der Waals surface area (Å²) in [6.07, 6.45) is 2.63. The molecule has 1 aliphatic carbocycles. The summed E-state index contributed by atoms with van der Waals surface area (Å²) in [6, 6.07) is 13.4. The van der Waals surface area contributed by atoms with E-state index in [9.17, 15) is 0 Å². The highest BCUT2D eigenvalue weighted by Crippen LogP contribution is 2.29. The molecule has 21 heavy (non-hydrogen) atoms. The Hall–Kier alpha value is -1.80. The molecule has 0 aliphatic heterocycles. The van der Waals surface area contributed by atoms with Gasteiger partial charge in [0.25, 0.3) is 0 Å². The topological polar surface area (TPSA) is 21.3 Å². The second kappa shape index (κ2) is 5.90. The van der Waals surface area contributed by atoms with Crippen LogP contribution >= 0.6 is 0 Å². The predicted octanol–water partition coefficient (Wildman–Crippen LogP) is 4.66. The third-order valence-electron chi connectivity index (χ3n) is 4.06. The number of ether oxygens (including phenoxy) is 1. The molecule has 1 aliphatic rings. The van der Waals surface area contributed by atoms with Gasteiger partial charge < -0.3 is 10.1 Å². The molecular formula is C19H23NO. The van der Waals surface area contributed by atoms with E-state index in [2.05, 4.69) is 56.4 Å². The van der Waals surface area contributed by atoms with Crippen molar-refractivity contribution in [1.29, 1.82) is 0 Å². The smallest absolute Gasteiger partial charge is 0.130 e. The third kappa shape index (κ3) is 3.64. The maximum absolute atomic E-state index is 6.11. The van der Waals surface area contributed by atoms with E-state index < -0.39 is 0 Å². The van der Waals surface area contributed by atoms with E-state index in [0.717, 1.165) is 24.1 Å². The highest BCUT2D eigenvalue weighted by molar-refractivity contribution is 5.44. The van der Waals surface area contributed by atoms with Crippen LogP contribution in [0, 0.1) is 20.8 Å². The molecular weight excluding hydrogens is 258 g/mol. The van der Waals surface area contributed by atoms with Gasteiger partial charge in [-0.25, -0.2) is 0 Å². The number of rotatable bonds is 5. The Morgan fingerprint density at radius 3 is 2.67 bits per heavy atom. The molecule has 2 nitrogen and oxygen atoms in total. The Morgan fingerprint density at radius 1 is 1.10 bits per heavy atom. The van der Waals surface area contributed by atoms with Gasteiger partial charge in [0.1, 0.15) is 11.5 Å². The van der Waals surface area contributed by atoms with Crippen molar-refractivity contribution in [3.05, 3.63) is 58.7 Å². The fourth-order valence-corrected chi connectivity index (χ4v) is 2.50. The second-order valence-corrected chi connectivity index (χ2v) is 6.11. The molecule has 0 saturated heterocycles. The standard InChI is InChI=1S/C19H23NO/c1-13-9-14(2)15(3)19(10-13)21-18-6-4-5-16(11-18)12-20-17-7-8-17/h4-6,9-11,17,20H,7-8,12H2,1-3H3. The lowest BCUT2D eigenvalue weighted by molar-refractivity contribution is 0.477. The van der Waals surface area contributed by atoms with Gasteiger partial charge >= 0.3 is 0 Å². The van der Waals surface area contributed by atoms with Gasteiger partial charge in [-0.1, -0.05) is 18.2 Å². The van der Waals surface area contributed by atoms with Crippen LogP contribution in [-0.4, -0.2) is 6.04 Å². The minimum Gasteiger partial charge on any atom is -0.457 e. The van der Waals surface area contributed by atoms with Gasteiger partial charge in [-0.15, -0.1) is 0 Å². The van der Waals surface area contributed by atoms with E-state index in [1.807, 2.05) is 6.07 Å². The molecule has 1 saturated carbocycles. The Kier molecular flexibility index (Phi) is 3.98. The van der Waals surface area contributed by atoms with Crippen LogP contribution in [0.25, 0.3) is 0 Å². The Balaban J connectivity index is 1.76. The van der Waals surface area contributed by atoms with E-state index in [1.54, 1.807) is 0 Å². The van der Waals surface area contributed by atoms with Crippen molar-refractivity contribution in [3.63, 3.8) is 0 Å². The zero-order valence-corrected chi connectivity index (χ0v) is 13.1. The molecule has 0 aromatic heterocycles. The lowest BCUT2D eigenvalue weighted by atomic mass is 10.1. The van der Waals surface area contributed by atoms with Crippen molar-refractivity contribution in [2.75, 3.05) is 0 Å². The zero-order valence-electron chi connectivity index (χ0n) is 13.1. The van der Waals surface area contributed by atoms with Crippen molar-refractivity contribution < 1.29 is 4.74 Å². The molecule has 2 heteroatoms. The van der Waals surface area contributed by atoms with E-state index in [4.69, 9.17) is 4.74 Å². The van der Waals surface area contributed by atoms with Crippen molar-refractivity contribution >= 4 is 0 Å². The zero-order chi connectivity index (χ0) is 14.8. The lowest BCUT2D eigenvalue weighted by Crippen LogP contribution is -2.15. The molecule has 0 amide bonds. The van der Waals surface area contributed by atoms with Gasteiger partial charge in [0.2, 0.25) is 0 Å². The molecule has 1 N–H and O–H groups in total. The number of hydrogen-bond acceptors (Lipinski definition) is 2. The van der Waals surface area contributed by atoms with Crippen LogP contribution in [-0.2, 0) is 6.54 Å². The highest BCUT2D eigenvalue weighted by Gasteiger charge is 2.19. The van der Waals surface area contributed by atoms with Gasteiger partial charge in [-0.2, -0.15) is 0 Å². The van der Waals surface area contributed by atoms with Crippen LogP contribution in [0.2, 0.25) is 0 Å². The van der Waals surface area contributed by atoms with Crippen LogP contribution < -0.4 is 10.1 Å². The molecule has 110 valence electrons. The molecule has 0 atom stereocenters. The van der Waals surface area contributed by atoms with Crippen LogP contribution in [0.1, 0.15) is 35.1 Å². The van der Waals surface area contributed by atoms with Crippen molar-refractivity contribution in [1.82, 2.24) is 5.32 Å². The summed E-state index contributed by atoms with van der Waals surface area (Å²) in [5, 5.41) is 3.54. The Labute approximate surface area is 127 Å². The fourth-order valence-electron chi connectivity index (χ4n) is 2.50. The largest absolute Gasteiger partial charge is 0.457 e. The third-order valence-corrected chi connectivity index (χ3v) is 4.06. The van der Waals surface area contributed by atoms with E-state index in [-0.39, 0.29) is 0 Å². The summed E-state index contributed by atoms with van der Waals surface area (Å²) >= 11 is 0. The highest BCUT2D eigenvalue weighted by atomic mass is 16.5. The molecule has 2 aromatic carbocycles. The molecule has 0 heterocycles. The Bertz CT molecular complexity index is 644. The van der Waals surface area contributed by atoms with Gasteiger partial charge in [0, 0.05) is 12.6 Å². The van der Waals surface area contributed by atoms with E-state index >= 15 is 0 Å². The van der Waals surface area contributed by atoms with Gasteiger partial charge in [0.15, 0.2) is 0 Å². The summed E-state index contributed by atoms with van der Waals surface area (Å²) in [7, 11) is 0. The van der Waals surface area contributed by atoms with E-state index in [0.29, 0.717) is 0 Å². The molecule has 0 bridgehead atoms. The number of benzene rings is 2. The van der Waals surface area contributed by atoms with Crippen LogP contribution in [0.15, 0.2) is 36.4 Å². The van der Waals surface area contributed by atoms with Gasteiger partial charge in [0.05, 0.1) is 0 Å². The summed E-state index contributed by atoms with van der Waals surface area (Å²) in [6.45, 7) is 7.27. The molecule has 0 unspecified atom stereocenters. The Morgan fingerprint density at radius 2 is 1.90 bits per heavy atom. The average molecular weight is 281 g/mol. The van der Waals surface area contributed by atoms with Crippen molar-refractivity contribution in [2.24, 2.45) is 0 Å². The minimum absolute atomic E-state index is 0.733. The SMILES string of the molecule is Cc1cc(C)c(C)c(Oc2cccc(CNC3CC3)c2)c1. The molecule has 3 rings (SSSR count). The maximum Gasteiger partial charge on any atom is 0.130 e. The van der Waals surface area contributed by atoms with Crippen molar-refractivity contribution in [2.45, 2.75) is 46.2 Å². The summed E-state index contributed by atoms with van der Waals surface area (Å²) < 4.78 is 6.11. The summed E-state index contributed by atoms with van der Waals surface area (Å²) in [5.41, 5.74) is 5.00. The average Bonchev–Trinajstić information content (AvgIpc) is 3.27. The minimum atomic E-state index is 0.733. The summed E-state index contributed by atoms with van der Waals surface area (Å²) in [5.74, 6) is 1.87. The molecule has 1 fully saturated rings. The normalized spacial score (nSPS) is 14.2. The van der Waals surface area contributed by atoms with Gasteiger partial charge in [-0.3, -0.25) is 0 Å². The second-order valence-electron chi connectivity index (χ2n) is 6.11. The number of nitrogens with one attached hydrogen (secondary N) is 1. The van der Waals surface area contributed by atoms with Crippen LogP contribution in [0.3, 0.4) is 0 Å². The monoisotopic (exact) mass is 281 g/mol. The van der Waals surface area contributed by atoms with Crippen molar-refractivity contribution in [3.8, 4) is 11.5 Å². The van der Waals surface area contributed by atoms with Crippen LogP contribution in [0.4, 0.5) is 0 Å². The first kappa shape index (κ1) is 14.2.